The van der Waals surface area contributed by atoms with Crippen molar-refractivity contribution < 1.29 is 17.9 Å². The van der Waals surface area contributed by atoms with Crippen LogP contribution in [0.15, 0.2) is 48.8 Å². The van der Waals surface area contributed by atoms with E-state index in [2.05, 4.69) is 9.97 Å². The van der Waals surface area contributed by atoms with Gasteiger partial charge in [-0.1, -0.05) is 41.9 Å². The Balaban J connectivity index is 1.91. The van der Waals surface area contributed by atoms with Crippen molar-refractivity contribution in [3.8, 4) is 11.8 Å². The topological polar surface area (TPSA) is 35.0 Å². The highest BCUT2D eigenvalue weighted by Gasteiger charge is 2.26. The van der Waals surface area contributed by atoms with Crippen LogP contribution in [0.1, 0.15) is 18.4 Å². The molecule has 1 heterocycles. The van der Waals surface area contributed by atoms with Crippen LogP contribution in [0, 0.1) is 0 Å². The van der Waals surface area contributed by atoms with Crippen molar-refractivity contribution in [1.82, 2.24) is 9.97 Å². The molecule has 3 rings (SSSR count). The van der Waals surface area contributed by atoms with Crippen molar-refractivity contribution in [2.24, 2.45) is 0 Å². The molecular weight excluding hydrogens is 353 g/mol. The largest absolute Gasteiger partial charge is 0.424 e. The molecule has 0 saturated carbocycles. The number of aryl methyl sites for hydroxylation is 1. The third-order valence-electron chi connectivity index (χ3n) is 3.66. The number of ether oxygens (including phenoxy) is 1. The summed E-state index contributed by atoms with van der Waals surface area (Å²) in [6, 6.07) is 11.1. The maximum Gasteiger partial charge on any atom is 0.389 e. The molecule has 0 radical (unpaired) electrons. The van der Waals surface area contributed by atoms with E-state index >= 15 is 0 Å². The number of hydrogen-bond donors (Lipinski definition) is 0. The van der Waals surface area contributed by atoms with Gasteiger partial charge in [0.05, 0.1) is 17.4 Å². The fourth-order valence-electron chi connectivity index (χ4n) is 2.61. The maximum absolute atomic E-state index is 12.4. The van der Waals surface area contributed by atoms with Gasteiger partial charge >= 0.3 is 12.2 Å². The Labute approximate surface area is 147 Å². The minimum Gasteiger partial charge on any atom is -0.424 e. The van der Waals surface area contributed by atoms with Gasteiger partial charge in [0.1, 0.15) is 5.75 Å². The molecule has 0 fully saturated rings. The summed E-state index contributed by atoms with van der Waals surface area (Å²) in [5.74, 6) is 0.502. The summed E-state index contributed by atoms with van der Waals surface area (Å²) in [6.45, 7) is 0. The number of nitrogens with zero attached hydrogens (tertiary/aromatic N) is 2. The van der Waals surface area contributed by atoms with Crippen LogP contribution >= 0.6 is 11.6 Å². The van der Waals surface area contributed by atoms with E-state index < -0.39 is 12.6 Å². The fourth-order valence-corrected chi connectivity index (χ4v) is 2.70. The van der Waals surface area contributed by atoms with E-state index in [4.69, 9.17) is 16.3 Å². The van der Waals surface area contributed by atoms with Crippen LogP contribution in [0.3, 0.4) is 0 Å². The first-order valence-corrected chi connectivity index (χ1v) is 8.03. The fraction of sp³-hybridized carbons (Fsp3) is 0.222. The average Bonchev–Trinajstić information content (AvgIpc) is 2.56. The summed E-state index contributed by atoms with van der Waals surface area (Å²) in [5.41, 5.74) is 0.798. The number of aromatic nitrogens is 2. The van der Waals surface area contributed by atoms with Crippen LogP contribution in [0.25, 0.3) is 10.8 Å². The molecule has 0 spiro atoms. The molecule has 0 N–H and O–H groups in total. The van der Waals surface area contributed by atoms with Crippen molar-refractivity contribution in [1.29, 1.82) is 0 Å². The van der Waals surface area contributed by atoms with Crippen molar-refractivity contribution >= 4 is 22.4 Å². The zero-order valence-corrected chi connectivity index (χ0v) is 13.8. The number of benzene rings is 2. The molecule has 0 aliphatic heterocycles. The standard InChI is InChI=1S/C18H14ClF3N2O/c19-14-10-23-17(24-11-14)25-15-8-2-6-12-4-1-5-13(16(12)15)7-3-9-18(20,21)22/h1-2,4-6,8,10-11H,3,7,9H2. The van der Waals surface area contributed by atoms with Gasteiger partial charge in [-0.3, -0.25) is 0 Å². The molecule has 0 saturated heterocycles. The molecule has 25 heavy (non-hydrogen) atoms. The Hall–Kier alpha value is -2.34. The molecule has 0 atom stereocenters. The monoisotopic (exact) mass is 366 g/mol. The lowest BCUT2D eigenvalue weighted by molar-refractivity contribution is -0.135. The number of alkyl halides is 3. The first kappa shape index (κ1) is 17.5. The van der Waals surface area contributed by atoms with Crippen molar-refractivity contribution in [2.45, 2.75) is 25.4 Å². The summed E-state index contributed by atoms with van der Waals surface area (Å²) in [6.07, 6.45) is -1.81. The van der Waals surface area contributed by atoms with Crippen molar-refractivity contribution in [3.05, 3.63) is 59.4 Å². The van der Waals surface area contributed by atoms with Crippen molar-refractivity contribution in [2.75, 3.05) is 0 Å². The second-order valence-corrected chi connectivity index (χ2v) is 5.96. The molecular formula is C18H14ClF3N2O. The molecule has 1 aromatic heterocycles. The Morgan fingerprint density at radius 2 is 1.68 bits per heavy atom. The molecule has 0 unspecified atom stereocenters. The van der Waals surface area contributed by atoms with Gasteiger partial charge < -0.3 is 4.74 Å². The molecule has 0 amide bonds. The van der Waals surface area contributed by atoms with Gasteiger partial charge in [-0.25, -0.2) is 9.97 Å². The molecule has 3 aromatic rings. The maximum atomic E-state index is 12.4. The van der Waals surface area contributed by atoms with E-state index in [9.17, 15) is 13.2 Å². The molecule has 0 bridgehead atoms. The van der Waals surface area contributed by atoms with Gasteiger partial charge in [0.25, 0.3) is 0 Å². The first-order valence-electron chi connectivity index (χ1n) is 7.65. The zero-order chi connectivity index (χ0) is 17.9. The predicted molar refractivity (Wildman–Crippen MR) is 90.1 cm³/mol. The van der Waals surface area contributed by atoms with Gasteiger partial charge in [0.15, 0.2) is 0 Å². The SMILES string of the molecule is FC(F)(F)CCCc1cccc2cccc(Oc3ncc(Cl)cn3)c12. The first-order chi connectivity index (χ1) is 11.9. The lowest BCUT2D eigenvalue weighted by Gasteiger charge is -2.12. The third kappa shape index (κ3) is 4.60. The van der Waals surface area contributed by atoms with Crippen molar-refractivity contribution in [3.63, 3.8) is 0 Å². The van der Waals surface area contributed by atoms with Gasteiger partial charge in [-0.2, -0.15) is 13.2 Å². The molecule has 0 aliphatic rings. The van der Waals surface area contributed by atoms with Gasteiger partial charge in [-0.15, -0.1) is 0 Å². The summed E-state index contributed by atoms with van der Waals surface area (Å²) >= 11 is 5.76. The Morgan fingerprint density at radius 1 is 1.00 bits per heavy atom. The molecule has 130 valence electrons. The lowest BCUT2D eigenvalue weighted by atomic mass is 9.99. The Morgan fingerprint density at radius 3 is 2.36 bits per heavy atom. The second kappa shape index (κ2) is 7.27. The Kier molecular flexibility index (Phi) is 5.08. The number of hydrogen-bond acceptors (Lipinski definition) is 3. The number of fused-ring (bicyclic) bond motifs is 1. The predicted octanol–water partition coefficient (Wildman–Crippen LogP) is 5.96. The van der Waals surface area contributed by atoms with Crippen LogP contribution in [0.5, 0.6) is 11.8 Å². The minimum absolute atomic E-state index is 0.0222. The Bertz CT molecular complexity index is 861. The molecule has 2 aromatic carbocycles. The van der Waals surface area contributed by atoms with Gasteiger partial charge in [0.2, 0.25) is 0 Å². The average molecular weight is 367 g/mol. The number of halogens is 4. The zero-order valence-electron chi connectivity index (χ0n) is 13.1. The minimum atomic E-state index is -4.15. The summed E-state index contributed by atoms with van der Waals surface area (Å²) in [5, 5.41) is 2.04. The quantitative estimate of drug-likeness (QED) is 0.558. The van der Waals surface area contributed by atoms with Crippen LogP contribution in [0.2, 0.25) is 5.02 Å². The second-order valence-electron chi connectivity index (χ2n) is 5.53. The molecule has 0 aliphatic carbocycles. The highest BCUT2D eigenvalue weighted by Crippen LogP contribution is 2.33. The molecule has 3 nitrogen and oxygen atoms in total. The van der Waals surface area contributed by atoms with Gasteiger partial charge in [-0.05, 0) is 29.9 Å². The van der Waals surface area contributed by atoms with E-state index in [0.29, 0.717) is 17.2 Å². The van der Waals surface area contributed by atoms with E-state index in [1.165, 1.54) is 12.4 Å². The van der Waals surface area contributed by atoms with Crippen LogP contribution in [-0.2, 0) is 6.42 Å². The normalized spacial score (nSPS) is 11.7. The van der Waals surface area contributed by atoms with Crippen LogP contribution in [0.4, 0.5) is 13.2 Å². The lowest BCUT2D eigenvalue weighted by Crippen LogP contribution is -2.07. The highest BCUT2D eigenvalue weighted by atomic mass is 35.5. The highest BCUT2D eigenvalue weighted by molar-refractivity contribution is 6.30. The third-order valence-corrected chi connectivity index (χ3v) is 3.85. The van der Waals surface area contributed by atoms with E-state index in [1.54, 1.807) is 6.07 Å². The van der Waals surface area contributed by atoms with Crippen LogP contribution in [-0.4, -0.2) is 16.1 Å². The summed E-state index contributed by atoms with van der Waals surface area (Å²) in [4.78, 5) is 7.98. The van der Waals surface area contributed by atoms with E-state index in [0.717, 1.165) is 16.3 Å². The number of rotatable bonds is 5. The van der Waals surface area contributed by atoms with Gasteiger partial charge in [0, 0.05) is 11.8 Å². The summed E-state index contributed by atoms with van der Waals surface area (Å²) in [7, 11) is 0. The summed E-state index contributed by atoms with van der Waals surface area (Å²) < 4.78 is 43.0. The van der Waals surface area contributed by atoms with Crippen LogP contribution < -0.4 is 4.74 Å². The van der Waals surface area contributed by atoms with E-state index in [1.807, 2.05) is 30.3 Å². The molecule has 7 heteroatoms. The smallest absolute Gasteiger partial charge is 0.389 e. The van der Waals surface area contributed by atoms with E-state index in [-0.39, 0.29) is 12.4 Å².